The second kappa shape index (κ2) is 7.12. The molecule has 1 unspecified atom stereocenters. The Labute approximate surface area is 111 Å². The summed E-state index contributed by atoms with van der Waals surface area (Å²) in [5.41, 5.74) is 0. The van der Waals surface area contributed by atoms with Gasteiger partial charge < -0.3 is 10.0 Å². The average molecular weight is 281 g/mol. The van der Waals surface area contributed by atoms with Gasteiger partial charge in [0.15, 0.2) is 6.10 Å². The van der Waals surface area contributed by atoms with Crippen LogP contribution in [-0.2, 0) is 4.79 Å². The van der Waals surface area contributed by atoms with Crippen molar-refractivity contribution < 1.29 is 23.1 Å². The van der Waals surface area contributed by atoms with Gasteiger partial charge in [-0.3, -0.25) is 4.79 Å². The first-order chi connectivity index (χ1) is 8.86. The minimum atomic E-state index is -4.56. The summed E-state index contributed by atoms with van der Waals surface area (Å²) in [6.45, 7) is 2.69. The lowest BCUT2D eigenvalue weighted by Crippen LogP contribution is -2.45. The third kappa shape index (κ3) is 5.01. The number of piperidine rings is 1. The molecule has 3 nitrogen and oxygen atoms in total. The lowest BCUT2D eigenvalue weighted by molar-refractivity contribution is -0.222. The summed E-state index contributed by atoms with van der Waals surface area (Å²) in [6.07, 6.45) is -3.04. The van der Waals surface area contributed by atoms with Crippen molar-refractivity contribution in [3.8, 4) is 0 Å². The molecule has 1 amide bonds. The van der Waals surface area contributed by atoms with E-state index in [9.17, 15) is 23.1 Å². The molecule has 0 aromatic rings. The van der Waals surface area contributed by atoms with E-state index in [1.165, 1.54) is 0 Å². The molecule has 6 heteroatoms. The molecule has 1 atom stereocenters. The van der Waals surface area contributed by atoms with Crippen LogP contribution >= 0.6 is 0 Å². The van der Waals surface area contributed by atoms with Crippen LogP contribution in [-0.4, -0.2) is 41.3 Å². The molecule has 0 bridgehead atoms. The minimum Gasteiger partial charge on any atom is -0.383 e. The van der Waals surface area contributed by atoms with Crippen LogP contribution in [0.2, 0.25) is 0 Å². The number of hydrogen-bond acceptors (Lipinski definition) is 2. The predicted molar refractivity (Wildman–Crippen MR) is 65.5 cm³/mol. The highest BCUT2D eigenvalue weighted by atomic mass is 19.4. The molecule has 1 aliphatic heterocycles. The molecule has 1 saturated heterocycles. The number of aliphatic hydroxyl groups excluding tert-OH is 1. The van der Waals surface area contributed by atoms with Gasteiger partial charge >= 0.3 is 6.18 Å². The van der Waals surface area contributed by atoms with Crippen molar-refractivity contribution in [2.24, 2.45) is 5.92 Å². The maximum Gasteiger partial charge on any atom is 0.414 e. The number of halogens is 3. The van der Waals surface area contributed by atoms with Crippen molar-refractivity contribution in [1.29, 1.82) is 0 Å². The summed E-state index contributed by atoms with van der Waals surface area (Å²) in [7, 11) is 0. The van der Waals surface area contributed by atoms with Gasteiger partial charge in [0.05, 0.1) is 0 Å². The zero-order valence-corrected chi connectivity index (χ0v) is 11.2. The number of carbonyl (C=O) groups is 1. The van der Waals surface area contributed by atoms with Crippen LogP contribution in [0.5, 0.6) is 0 Å². The number of hydrogen-bond donors (Lipinski definition) is 1. The Morgan fingerprint density at radius 2 is 1.89 bits per heavy atom. The first kappa shape index (κ1) is 16.3. The molecule has 0 aliphatic carbocycles. The molecule has 1 rings (SSSR count). The van der Waals surface area contributed by atoms with Crippen molar-refractivity contribution in [3.63, 3.8) is 0 Å². The van der Waals surface area contributed by atoms with Gasteiger partial charge in [-0.25, -0.2) is 0 Å². The summed E-state index contributed by atoms with van der Waals surface area (Å²) >= 11 is 0. The van der Waals surface area contributed by atoms with E-state index in [0.717, 1.165) is 19.3 Å². The summed E-state index contributed by atoms with van der Waals surface area (Å²) in [5.74, 6) is -0.756. The van der Waals surface area contributed by atoms with Crippen molar-refractivity contribution in [2.75, 3.05) is 13.1 Å². The van der Waals surface area contributed by atoms with E-state index < -0.39 is 18.2 Å². The molecule has 0 radical (unpaired) electrons. The fourth-order valence-corrected chi connectivity index (χ4v) is 2.42. The van der Waals surface area contributed by atoms with Crippen molar-refractivity contribution in [3.05, 3.63) is 0 Å². The van der Waals surface area contributed by atoms with E-state index in [2.05, 4.69) is 6.92 Å². The lowest BCUT2D eigenvalue weighted by atomic mass is 9.90. The number of amides is 1. The molecular weight excluding hydrogens is 259 g/mol. The number of aliphatic hydroxyl groups is 1. The first-order valence-electron chi connectivity index (χ1n) is 6.88. The Balaban J connectivity index is 2.34. The zero-order valence-electron chi connectivity index (χ0n) is 11.2. The molecule has 0 spiro atoms. The summed E-state index contributed by atoms with van der Waals surface area (Å²) in [4.78, 5) is 13.4. The highest BCUT2D eigenvalue weighted by Crippen LogP contribution is 2.31. The van der Waals surface area contributed by atoms with Gasteiger partial charge in [0.25, 0.3) is 0 Å². The van der Waals surface area contributed by atoms with E-state index in [1.54, 1.807) is 4.90 Å². The number of unbranched alkanes of at least 4 members (excludes halogenated alkanes) is 2. The standard InChI is InChI=1S/C13H22F3NO2/c1-2-3-4-5-11(18)17-8-6-10(7-9-17)12(19)13(14,15)16/h10,12,19H,2-9H2,1H3. The van der Waals surface area contributed by atoms with Gasteiger partial charge in [-0.2, -0.15) is 13.2 Å². The number of carbonyl (C=O) groups excluding carboxylic acids is 1. The largest absolute Gasteiger partial charge is 0.414 e. The Bertz CT molecular complexity index is 286. The third-order valence-electron chi connectivity index (χ3n) is 3.67. The Morgan fingerprint density at radius 1 is 1.32 bits per heavy atom. The van der Waals surface area contributed by atoms with Gasteiger partial charge in [0.1, 0.15) is 0 Å². The van der Waals surface area contributed by atoms with Gasteiger partial charge in [0.2, 0.25) is 5.91 Å². The fourth-order valence-electron chi connectivity index (χ4n) is 2.42. The van der Waals surface area contributed by atoms with Crippen LogP contribution in [0.1, 0.15) is 45.4 Å². The van der Waals surface area contributed by atoms with Gasteiger partial charge in [-0.1, -0.05) is 19.8 Å². The van der Waals surface area contributed by atoms with Crippen LogP contribution in [0.15, 0.2) is 0 Å². The zero-order chi connectivity index (χ0) is 14.5. The van der Waals surface area contributed by atoms with Crippen LogP contribution in [0, 0.1) is 5.92 Å². The normalized spacial score (nSPS) is 19.5. The van der Waals surface area contributed by atoms with Crippen LogP contribution in [0.4, 0.5) is 13.2 Å². The Hall–Kier alpha value is -0.780. The number of alkyl halides is 3. The van der Waals surface area contributed by atoms with Crippen LogP contribution in [0.25, 0.3) is 0 Å². The molecule has 112 valence electrons. The van der Waals surface area contributed by atoms with Gasteiger partial charge in [-0.05, 0) is 25.2 Å². The minimum absolute atomic E-state index is 0.0217. The molecule has 1 fully saturated rings. The summed E-state index contributed by atoms with van der Waals surface area (Å²) in [6, 6.07) is 0. The summed E-state index contributed by atoms with van der Waals surface area (Å²) in [5, 5.41) is 9.18. The van der Waals surface area contributed by atoms with Crippen molar-refractivity contribution >= 4 is 5.91 Å². The lowest BCUT2D eigenvalue weighted by Gasteiger charge is -2.34. The molecule has 0 aromatic carbocycles. The SMILES string of the molecule is CCCCCC(=O)N1CCC(C(O)C(F)(F)F)CC1. The number of rotatable bonds is 5. The second-order valence-corrected chi connectivity index (χ2v) is 5.16. The molecule has 1 N–H and O–H groups in total. The third-order valence-corrected chi connectivity index (χ3v) is 3.67. The van der Waals surface area contributed by atoms with Crippen LogP contribution in [0.3, 0.4) is 0 Å². The molecule has 1 aliphatic rings. The topological polar surface area (TPSA) is 40.5 Å². The fraction of sp³-hybridized carbons (Fsp3) is 0.923. The van der Waals surface area contributed by atoms with E-state index in [0.29, 0.717) is 19.5 Å². The number of nitrogens with zero attached hydrogens (tertiary/aromatic N) is 1. The smallest absolute Gasteiger partial charge is 0.383 e. The Kier molecular flexibility index (Phi) is 6.10. The van der Waals surface area contributed by atoms with E-state index in [4.69, 9.17) is 0 Å². The van der Waals surface area contributed by atoms with E-state index in [-0.39, 0.29) is 18.7 Å². The molecule has 1 heterocycles. The molecular formula is C13H22F3NO2. The monoisotopic (exact) mass is 281 g/mol. The molecule has 0 saturated carbocycles. The highest BCUT2D eigenvalue weighted by Gasteiger charge is 2.44. The quantitative estimate of drug-likeness (QED) is 0.787. The van der Waals surface area contributed by atoms with Crippen molar-refractivity contribution in [2.45, 2.75) is 57.7 Å². The van der Waals surface area contributed by atoms with Gasteiger partial charge in [-0.15, -0.1) is 0 Å². The summed E-state index contributed by atoms with van der Waals surface area (Å²) < 4.78 is 37.1. The van der Waals surface area contributed by atoms with Crippen molar-refractivity contribution in [1.82, 2.24) is 4.90 Å². The Morgan fingerprint density at radius 3 is 2.37 bits per heavy atom. The highest BCUT2D eigenvalue weighted by molar-refractivity contribution is 5.76. The average Bonchev–Trinajstić information content (AvgIpc) is 2.37. The first-order valence-corrected chi connectivity index (χ1v) is 6.88. The van der Waals surface area contributed by atoms with Crippen LogP contribution < -0.4 is 0 Å². The maximum atomic E-state index is 12.4. The molecule has 19 heavy (non-hydrogen) atoms. The second-order valence-electron chi connectivity index (χ2n) is 5.16. The number of likely N-dealkylation sites (tertiary alicyclic amines) is 1. The predicted octanol–water partition coefficient (Wildman–Crippen LogP) is 2.73. The van der Waals surface area contributed by atoms with E-state index >= 15 is 0 Å². The molecule has 0 aromatic heterocycles. The van der Waals surface area contributed by atoms with Gasteiger partial charge in [0, 0.05) is 19.5 Å². The van der Waals surface area contributed by atoms with E-state index in [1.807, 2.05) is 0 Å². The maximum absolute atomic E-state index is 12.4.